The number of imide groups is 1. The molecule has 4 heteroatoms. The van der Waals surface area contributed by atoms with Gasteiger partial charge in [0, 0.05) is 11.8 Å². The van der Waals surface area contributed by atoms with Crippen molar-refractivity contribution in [2.75, 3.05) is 13.2 Å². The van der Waals surface area contributed by atoms with Crippen molar-refractivity contribution in [2.24, 2.45) is 11.8 Å². The fourth-order valence-corrected chi connectivity index (χ4v) is 5.88. The van der Waals surface area contributed by atoms with Crippen molar-refractivity contribution >= 4 is 11.8 Å². The Morgan fingerprint density at radius 1 is 0.645 bits per heavy atom. The van der Waals surface area contributed by atoms with Gasteiger partial charge in [0.05, 0.1) is 31.6 Å². The summed E-state index contributed by atoms with van der Waals surface area (Å²) in [5.41, 5.74) is 5.90. The summed E-state index contributed by atoms with van der Waals surface area (Å²) < 4.78 is 5.78. The lowest BCUT2D eigenvalue weighted by Gasteiger charge is -2.45. The molecule has 0 saturated carbocycles. The number of likely N-dealkylation sites (tertiary alicyclic amines) is 1. The van der Waals surface area contributed by atoms with Crippen LogP contribution >= 0.6 is 0 Å². The van der Waals surface area contributed by atoms with Crippen LogP contribution in [0.1, 0.15) is 39.7 Å². The topological polar surface area (TPSA) is 46.6 Å². The van der Waals surface area contributed by atoms with Crippen LogP contribution in [-0.4, -0.2) is 29.9 Å². The molecule has 1 aliphatic heterocycles. The summed E-state index contributed by atoms with van der Waals surface area (Å²) in [4.78, 5) is 28.4. The highest BCUT2D eigenvalue weighted by molar-refractivity contribution is 6.07. The van der Waals surface area contributed by atoms with E-state index >= 15 is 0 Å². The smallest absolute Gasteiger partial charge is 0.234 e. The van der Waals surface area contributed by atoms with Crippen molar-refractivity contribution in [1.29, 1.82) is 0 Å². The lowest BCUT2D eigenvalue weighted by atomic mass is 9.55. The first-order valence-electron chi connectivity index (χ1n) is 10.9. The summed E-state index contributed by atoms with van der Waals surface area (Å²) in [5.74, 6) is -0.800. The van der Waals surface area contributed by atoms with Crippen LogP contribution in [-0.2, 0) is 20.9 Å². The van der Waals surface area contributed by atoms with Gasteiger partial charge in [0.15, 0.2) is 0 Å². The van der Waals surface area contributed by atoms with Crippen LogP contribution in [0.5, 0.6) is 0 Å². The van der Waals surface area contributed by atoms with Gasteiger partial charge in [-0.2, -0.15) is 0 Å². The monoisotopic (exact) mass is 409 g/mol. The van der Waals surface area contributed by atoms with E-state index in [4.69, 9.17) is 4.74 Å². The molecule has 0 radical (unpaired) electrons. The van der Waals surface area contributed by atoms with E-state index in [1.807, 2.05) is 54.6 Å². The van der Waals surface area contributed by atoms with Crippen molar-refractivity contribution in [3.05, 3.63) is 107 Å². The number of hydrogen-bond acceptors (Lipinski definition) is 3. The summed E-state index contributed by atoms with van der Waals surface area (Å²) >= 11 is 0. The molecular weight excluding hydrogens is 386 g/mol. The first-order chi connectivity index (χ1) is 15.3. The molecule has 2 bridgehead atoms. The number of rotatable bonds is 5. The third-order valence-electron chi connectivity index (χ3n) is 7.11. The summed E-state index contributed by atoms with van der Waals surface area (Å²) in [6.07, 6.45) is 0. The summed E-state index contributed by atoms with van der Waals surface area (Å²) in [5, 5.41) is 0. The van der Waals surface area contributed by atoms with Crippen LogP contribution < -0.4 is 0 Å². The molecule has 0 unspecified atom stereocenters. The Balaban J connectivity index is 1.28. The average Bonchev–Trinajstić information content (AvgIpc) is 3.08. The van der Waals surface area contributed by atoms with Crippen molar-refractivity contribution in [3.8, 4) is 0 Å². The Morgan fingerprint density at radius 3 is 1.58 bits per heavy atom. The molecule has 2 atom stereocenters. The van der Waals surface area contributed by atoms with E-state index in [-0.39, 0.29) is 35.5 Å². The zero-order valence-corrected chi connectivity index (χ0v) is 17.1. The Labute approximate surface area is 181 Å². The Hall–Kier alpha value is -3.24. The SMILES string of the molecule is O=C1[C@@H]2C3c4ccccc4C(c4ccccc43)[C@@H]2C(=O)N1CCOCc1ccccc1. The lowest BCUT2D eigenvalue weighted by molar-refractivity contribution is -0.140. The third kappa shape index (κ3) is 2.71. The van der Waals surface area contributed by atoms with Gasteiger partial charge in [0.25, 0.3) is 0 Å². The number of benzene rings is 3. The molecule has 4 aliphatic rings. The molecule has 4 nitrogen and oxygen atoms in total. The molecule has 0 N–H and O–H groups in total. The lowest BCUT2D eigenvalue weighted by Crippen LogP contribution is -2.41. The second kappa shape index (κ2) is 7.17. The van der Waals surface area contributed by atoms with Gasteiger partial charge in [-0.1, -0.05) is 78.9 Å². The normalized spacial score (nSPS) is 25.4. The molecule has 2 amide bonds. The van der Waals surface area contributed by atoms with Gasteiger partial charge in [-0.3, -0.25) is 14.5 Å². The Bertz CT molecular complexity index is 1060. The zero-order valence-electron chi connectivity index (χ0n) is 17.1. The number of ether oxygens (including phenoxy) is 1. The van der Waals surface area contributed by atoms with Crippen molar-refractivity contribution in [2.45, 2.75) is 18.4 Å². The van der Waals surface area contributed by atoms with Crippen molar-refractivity contribution in [1.82, 2.24) is 4.90 Å². The molecule has 0 spiro atoms. The molecular formula is C27H23NO3. The number of carbonyl (C=O) groups is 2. The maximum absolute atomic E-state index is 13.5. The molecule has 154 valence electrons. The van der Waals surface area contributed by atoms with Gasteiger partial charge in [0.1, 0.15) is 0 Å². The highest BCUT2D eigenvalue weighted by Crippen LogP contribution is 2.60. The fraction of sp³-hybridized carbons (Fsp3) is 0.259. The van der Waals surface area contributed by atoms with Crippen LogP contribution in [0, 0.1) is 11.8 Å². The largest absolute Gasteiger partial charge is 0.375 e. The summed E-state index contributed by atoms with van der Waals surface area (Å²) in [7, 11) is 0. The maximum atomic E-state index is 13.5. The van der Waals surface area contributed by atoms with Crippen molar-refractivity contribution < 1.29 is 14.3 Å². The van der Waals surface area contributed by atoms with Gasteiger partial charge in [-0.25, -0.2) is 0 Å². The quantitative estimate of drug-likeness (QED) is 0.471. The second-order valence-corrected chi connectivity index (χ2v) is 8.63. The van der Waals surface area contributed by atoms with E-state index in [2.05, 4.69) is 24.3 Å². The van der Waals surface area contributed by atoms with Gasteiger partial charge in [-0.05, 0) is 27.8 Å². The number of amides is 2. The second-order valence-electron chi connectivity index (χ2n) is 8.63. The highest BCUT2D eigenvalue weighted by atomic mass is 16.5. The minimum Gasteiger partial charge on any atom is -0.375 e. The van der Waals surface area contributed by atoms with Crippen LogP contribution in [0.4, 0.5) is 0 Å². The standard InChI is InChI=1S/C27H23NO3/c29-26-24-22-18-10-4-5-11-19(18)23(21-13-7-6-12-20(21)22)25(24)27(30)28(26)14-15-31-16-17-8-2-1-3-9-17/h1-13,22-25H,14-16H2/t22?,23?,24-,25+. The molecule has 1 heterocycles. The highest BCUT2D eigenvalue weighted by Gasteiger charge is 2.61. The molecule has 1 fully saturated rings. The van der Waals surface area contributed by atoms with Crippen LogP contribution in [0.15, 0.2) is 78.9 Å². The minimum atomic E-state index is -0.309. The fourth-order valence-electron chi connectivity index (χ4n) is 5.88. The van der Waals surface area contributed by atoms with E-state index in [9.17, 15) is 9.59 Å². The molecule has 31 heavy (non-hydrogen) atoms. The van der Waals surface area contributed by atoms with Gasteiger partial charge >= 0.3 is 0 Å². The summed E-state index contributed by atoms with van der Waals surface area (Å²) in [6.45, 7) is 1.14. The molecule has 3 aromatic carbocycles. The number of hydrogen-bond donors (Lipinski definition) is 0. The predicted molar refractivity (Wildman–Crippen MR) is 116 cm³/mol. The van der Waals surface area contributed by atoms with E-state index < -0.39 is 0 Å². The predicted octanol–water partition coefficient (Wildman–Crippen LogP) is 4.10. The zero-order chi connectivity index (χ0) is 20.9. The molecule has 0 aromatic heterocycles. The number of nitrogens with zero attached hydrogens (tertiary/aromatic N) is 1. The van der Waals surface area contributed by atoms with E-state index in [0.717, 1.165) is 5.56 Å². The first-order valence-corrected chi connectivity index (χ1v) is 10.9. The molecule has 3 aliphatic carbocycles. The molecule has 3 aromatic rings. The van der Waals surface area contributed by atoms with Gasteiger partial charge < -0.3 is 4.74 Å². The third-order valence-corrected chi connectivity index (χ3v) is 7.11. The van der Waals surface area contributed by atoms with Crippen LogP contribution in [0.2, 0.25) is 0 Å². The van der Waals surface area contributed by atoms with Gasteiger partial charge in [-0.15, -0.1) is 0 Å². The molecule has 1 saturated heterocycles. The average molecular weight is 409 g/mol. The van der Waals surface area contributed by atoms with E-state index in [1.165, 1.54) is 27.2 Å². The van der Waals surface area contributed by atoms with Crippen LogP contribution in [0.25, 0.3) is 0 Å². The Kier molecular flexibility index (Phi) is 4.29. The maximum Gasteiger partial charge on any atom is 0.234 e. The minimum absolute atomic E-state index is 0.0442. The van der Waals surface area contributed by atoms with Crippen molar-refractivity contribution in [3.63, 3.8) is 0 Å². The van der Waals surface area contributed by atoms with E-state index in [0.29, 0.717) is 19.8 Å². The van der Waals surface area contributed by atoms with Crippen LogP contribution in [0.3, 0.4) is 0 Å². The Morgan fingerprint density at radius 2 is 1.10 bits per heavy atom. The molecule has 7 rings (SSSR count). The van der Waals surface area contributed by atoms with E-state index in [1.54, 1.807) is 0 Å². The first kappa shape index (κ1) is 18.5. The summed E-state index contributed by atoms with van der Waals surface area (Å²) in [6, 6.07) is 26.6. The number of carbonyl (C=O) groups excluding carboxylic acids is 2. The van der Waals surface area contributed by atoms with Gasteiger partial charge in [0.2, 0.25) is 11.8 Å².